The van der Waals surface area contributed by atoms with Crippen LogP contribution in [0.25, 0.3) is 0 Å². The van der Waals surface area contributed by atoms with Crippen LogP contribution >= 0.6 is 0 Å². The van der Waals surface area contributed by atoms with Crippen LogP contribution < -0.4 is 4.72 Å². The van der Waals surface area contributed by atoms with Crippen molar-refractivity contribution >= 4 is 25.7 Å². The number of sulfonamides is 2. The topological polar surface area (TPSA) is 83.5 Å². The molecule has 1 aliphatic rings. The van der Waals surface area contributed by atoms with E-state index in [2.05, 4.69) is 4.72 Å². The van der Waals surface area contributed by atoms with Crippen molar-refractivity contribution in [2.75, 3.05) is 17.8 Å². The average molecular weight is 395 g/mol. The Bertz CT molecular complexity index is 1010. The van der Waals surface area contributed by atoms with E-state index in [1.54, 1.807) is 6.07 Å². The molecule has 0 amide bonds. The second-order valence-corrected chi connectivity index (χ2v) is 10.1. The first-order valence-electron chi connectivity index (χ1n) is 8.40. The smallest absolute Gasteiger partial charge is 0.261 e. The molecule has 0 radical (unpaired) electrons. The van der Waals surface area contributed by atoms with Crippen LogP contribution in [0.4, 0.5) is 5.69 Å². The molecule has 0 unspecified atom stereocenters. The molecule has 0 spiro atoms. The molecule has 0 aromatic heterocycles. The predicted octanol–water partition coefficient (Wildman–Crippen LogP) is 2.89. The quantitative estimate of drug-likeness (QED) is 0.845. The molecule has 0 aliphatic carbocycles. The molecule has 2 aromatic carbocycles. The van der Waals surface area contributed by atoms with Crippen molar-refractivity contribution in [3.63, 3.8) is 0 Å². The molecule has 1 N–H and O–H groups in total. The Kier molecular flexibility index (Phi) is 5.09. The number of hydrogen-bond donors (Lipinski definition) is 1. The van der Waals surface area contributed by atoms with E-state index in [1.807, 2.05) is 26.0 Å². The third-order valence-corrected chi connectivity index (χ3v) is 7.77. The summed E-state index contributed by atoms with van der Waals surface area (Å²) in [6.45, 7) is 4.73. The molecule has 1 heterocycles. The lowest BCUT2D eigenvalue weighted by Crippen LogP contribution is -2.27. The van der Waals surface area contributed by atoms with Crippen molar-refractivity contribution in [2.24, 2.45) is 0 Å². The molecule has 2 aromatic rings. The Balaban J connectivity index is 1.86. The van der Waals surface area contributed by atoms with E-state index in [0.29, 0.717) is 18.8 Å². The van der Waals surface area contributed by atoms with Gasteiger partial charge in [0.05, 0.1) is 15.5 Å². The molecule has 0 bridgehead atoms. The Morgan fingerprint density at radius 3 is 2.04 bits per heavy atom. The summed E-state index contributed by atoms with van der Waals surface area (Å²) in [6.07, 6.45) is 1.71. The molecule has 8 heteroatoms. The summed E-state index contributed by atoms with van der Waals surface area (Å²) >= 11 is 0. The lowest BCUT2D eigenvalue weighted by molar-refractivity contribution is 0.477. The third kappa shape index (κ3) is 3.77. The molecule has 140 valence electrons. The summed E-state index contributed by atoms with van der Waals surface area (Å²) < 4.78 is 54.3. The first-order valence-corrected chi connectivity index (χ1v) is 11.3. The summed E-state index contributed by atoms with van der Waals surface area (Å²) in [5.41, 5.74) is 2.27. The molecule has 1 fully saturated rings. The molecule has 6 nitrogen and oxygen atoms in total. The summed E-state index contributed by atoms with van der Waals surface area (Å²) in [5.74, 6) is 0. The van der Waals surface area contributed by atoms with Crippen molar-refractivity contribution < 1.29 is 16.8 Å². The standard InChI is InChI=1S/C18H22N2O4S2/c1-14-5-6-15(2)18(13-14)19-25(21,22)16-7-9-17(10-8-16)26(23,24)20-11-3-4-12-20/h5-10,13,19H,3-4,11-12H2,1-2H3. The lowest BCUT2D eigenvalue weighted by atomic mass is 10.1. The largest absolute Gasteiger partial charge is 0.279 e. The van der Waals surface area contributed by atoms with Gasteiger partial charge in [-0.25, -0.2) is 16.8 Å². The van der Waals surface area contributed by atoms with Crippen LogP contribution in [0.15, 0.2) is 52.3 Å². The zero-order valence-electron chi connectivity index (χ0n) is 14.8. The van der Waals surface area contributed by atoms with Crippen LogP contribution in [0.1, 0.15) is 24.0 Å². The number of rotatable bonds is 5. The van der Waals surface area contributed by atoms with Gasteiger partial charge in [-0.15, -0.1) is 0 Å². The average Bonchev–Trinajstić information content (AvgIpc) is 3.13. The van der Waals surface area contributed by atoms with E-state index in [-0.39, 0.29) is 9.79 Å². The fraction of sp³-hybridized carbons (Fsp3) is 0.333. The Morgan fingerprint density at radius 2 is 1.42 bits per heavy atom. The predicted molar refractivity (Wildman–Crippen MR) is 101 cm³/mol. The fourth-order valence-corrected chi connectivity index (χ4v) is 5.56. The highest BCUT2D eigenvalue weighted by atomic mass is 32.2. The normalized spacial score (nSPS) is 15.9. The maximum absolute atomic E-state index is 12.6. The maximum Gasteiger partial charge on any atom is 0.261 e. The second kappa shape index (κ2) is 7.02. The SMILES string of the molecule is Cc1ccc(C)c(NS(=O)(=O)c2ccc(S(=O)(=O)N3CCCC3)cc2)c1. The highest BCUT2D eigenvalue weighted by molar-refractivity contribution is 7.92. The van der Waals surface area contributed by atoms with Gasteiger partial charge in [0.15, 0.2) is 0 Å². The van der Waals surface area contributed by atoms with E-state index >= 15 is 0 Å². The van der Waals surface area contributed by atoms with Crippen LogP contribution in [0.5, 0.6) is 0 Å². The molecule has 26 heavy (non-hydrogen) atoms. The molecule has 1 aliphatic heterocycles. The first-order chi connectivity index (χ1) is 12.2. The van der Waals surface area contributed by atoms with Crippen molar-refractivity contribution in [3.05, 3.63) is 53.6 Å². The van der Waals surface area contributed by atoms with Gasteiger partial charge in [0, 0.05) is 13.1 Å². The van der Waals surface area contributed by atoms with E-state index in [1.165, 1.54) is 28.6 Å². The molecule has 0 saturated carbocycles. The third-order valence-electron chi connectivity index (χ3n) is 4.47. The summed E-state index contributed by atoms with van der Waals surface area (Å²) in [5, 5.41) is 0. The van der Waals surface area contributed by atoms with Crippen molar-refractivity contribution in [1.29, 1.82) is 0 Å². The molecule has 3 rings (SSSR count). The Labute approximate surface area is 155 Å². The van der Waals surface area contributed by atoms with Gasteiger partial charge in [-0.2, -0.15) is 4.31 Å². The van der Waals surface area contributed by atoms with Gasteiger partial charge in [-0.3, -0.25) is 4.72 Å². The van der Waals surface area contributed by atoms with Crippen LogP contribution in [0.3, 0.4) is 0 Å². The highest BCUT2D eigenvalue weighted by Crippen LogP contribution is 2.24. The van der Waals surface area contributed by atoms with Crippen LogP contribution in [-0.4, -0.2) is 34.2 Å². The number of anilines is 1. The monoisotopic (exact) mass is 394 g/mol. The van der Waals surface area contributed by atoms with Crippen molar-refractivity contribution in [3.8, 4) is 0 Å². The van der Waals surface area contributed by atoms with Gasteiger partial charge >= 0.3 is 0 Å². The van der Waals surface area contributed by atoms with Crippen molar-refractivity contribution in [1.82, 2.24) is 4.31 Å². The molecular weight excluding hydrogens is 372 g/mol. The fourth-order valence-electron chi connectivity index (χ4n) is 2.92. The minimum atomic E-state index is -3.79. The maximum atomic E-state index is 12.6. The summed E-state index contributed by atoms with van der Waals surface area (Å²) in [6, 6.07) is 10.9. The Morgan fingerprint density at radius 1 is 0.846 bits per heavy atom. The van der Waals surface area contributed by atoms with Crippen LogP contribution in [0, 0.1) is 13.8 Å². The number of nitrogens with zero attached hydrogens (tertiary/aromatic N) is 1. The van der Waals surface area contributed by atoms with Gasteiger partial charge in [0.25, 0.3) is 10.0 Å². The minimum Gasteiger partial charge on any atom is -0.279 e. The molecule has 1 saturated heterocycles. The number of nitrogens with one attached hydrogen (secondary N) is 1. The van der Waals surface area contributed by atoms with E-state index in [4.69, 9.17) is 0 Å². The Hall–Kier alpha value is -1.90. The number of aryl methyl sites for hydroxylation is 2. The van der Waals surface area contributed by atoms with Crippen molar-refractivity contribution in [2.45, 2.75) is 36.5 Å². The van der Waals surface area contributed by atoms with Gasteiger partial charge in [0.1, 0.15) is 0 Å². The second-order valence-electron chi connectivity index (χ2n) is 6.51. The zero-order valence-corrected chi connectivity index (χ0v) is 16.4. The summed E-state index contributed by atoms with van der Waals surface area (Å²) in [7, 11) is -7.35. The summed E-state index contributed by atoms with van der Waals surface area (Å²) in [4.78, 5) is 0.142. The van der Waals surface area contributed by atoms with Crippen LogP contribution in [0.2, 0.25) is 0 Å². The first kappa shape index (κ1) is 18.9. The lowest BCUT2D eigenvalue weighted by Gasteiger charge is -2.16. The van der Waals surface area contributed by atoms with Gasteiger partial charge in [-0.05, 0) is 68.1 Å². The van der Waals surface area contributed by atoms with Gasteiger partial charge < -0.3 is 0 Å². The minimum absolute atomic E-state index is 0.0266. The van der Waals surface area contributed by atoms with E-state index < -0.39 is 20.0 Å². The number of benzene rings is 2. The highest BCUT2D eigenvalue weighted by Gasteiger charge is 2.27. The van der Waals surface area contributed by atoms with Crippen LogP contribution in [-0.2, 0) is 20.0 Å². The molecule has 0 atom stereocenters. The van der Waals surface area contributed by atoms with E-state index in [0.717, 1.165) is 24.0 Å². The van der Waals surface area contributed by atoms with Gasteiger partial charge in [-0.1, -0.05) is 12.1 Å². The van der Waals surface area contributed by atoms with E-state index in [9.17, 15) is 16.8 Å². The number of hydrogen-bond acceptors (Lipinski definition) is 4. The zero-order chi connectivity index (χ0) is 18.9. The molecular formula is C18H22N2O4S2. The van der Waals surface area contributed by atoms with Gasteiger partial charge in [0.2, 0.25) is 10.0 Å².